The first kappa shape index (κ1) is 9.65. The van der Waals surface area contributed by atoms with Crippen LogP contribution in [-0.4, -0.2) is 9.97 Å². The normalized spacial score (nSPS) is 9.93. The molecular formula is C12H12N2O. The molecule has 2 rings (SSSR count). The first-order valence-corrected chi connectivity index (χ1v) is 4.81. The molecule has 2 aromatic rings. The van der Waals surface area contributed by atoms with Crippen molar-refractivity contribution in [2.24, 2.45) is 0 Å². The van der Waals surface area contributed by atoms with Crippen LogP contribution < -0.4 is 4.74 Å². The predicted octanol–water partition coefficient (Wildman–Crippen LogP) is 2.36. The number of hydrogen-bond donors (Lipinski definition) is 0. The maximum absolute atomic E-state index is 5.50. The summed E-state index contributed by atoms with van der Waals surface area (Å²) in [7, 11) is 0. The molecule has 0 saturated carbocycles. The van der Waals surface area contributed by atoms with E-state index < -0.39 is 0 Å². The topological polar surface area (TPSA) is 35.0 Å². The lowest BCUT2D eigenvalue weighted by Crippen LogP contribution is -1.99. The van der Waals surface area contributed by atoms with Gasteiger partial charge in [-0.25, -0.2) is 4.98 Å². The molecule has 0 atom stereocenters. The van der Waals surface area contributed by atoms with Crippen molar-refractivity contribution < 1.29 is 4.74 Å². The third-order valence-electron chi connectivity index (χ3n) is 1.96. The van der Waals surface area contributed by atoms with E-state index in [1.165, 1.54) is 0 Å². The molecule has 0 aromatic carbocycles. The Morgan fingerprint density at radius 3 is 2.80 bits per heavy atom. The van der Waals surface area contributed by atoms with Crippen LogP contribution in [0, 0.1) is 6.92 Å². The Bertz CT molecular complexity index is 429. The van der Waals surface area contributed by atoms with Gasteiger partial charge in [0.2, 0.25) is 5.88 Å². The molecule has 0 spiro atoms. The molecule has 3 heteroatoms. The van der Waals surface area contributed by atoms with E-state index in [9.17, 15) is 0 Å². The Hall–Kier alpha value is -1.90. The van der Waals surface area contributed by atoms with Gasteiger partial charge in [-0.05, 0) is 25.1 Å². The SMILES string of the molecule is Cc1cccc(OCc2ccccn2)n1. The molecular weight excluding hydrogens is 188 g/mol. The summed E-state index contributed by atoms with van der Waals surface area (Å²) >= 11 is 0. The third-order valence-corrected chi connectivity index (χ3v) is 1.96. The van der Waals surface area contributed by atoms with Crippen molar-refractivity contribution in [3.63, 3.8) is 0 Å². The summed E-state index contributed by atoms with van der Waals surface area (Å²) in [5.74, 6) is 0.639. The number of pyridine rings is 2. The number of rotatable bonds is 3. The molecule has 3 nitrogen and oxygen atoms in total. The summed E-state index contributed by atoms with van der Waals surface area (Å²) in [6.45, 7) is 2.39. The Morgan fingerprint density at radius 1 is 1.13 bits per heavy atom. The minimum Gasteiger partial charge on any atom is -0.471 e. The average molecular weight is 200 g/mol. The lowest BCUT2D eigenvalue weighted by molar-refractivity contribution is 0.289. The predicted molar refractivity (Wildman–Crippen MR) is 57.5 cm³/mol. The van der Waals surface area contributed by atoms with E-state index in [0.29, 0.717) is 12.5 Å². The van der Waals surface area contributed by atoms with Crippen molar-refractivity contribution in [2.75, 3.05) is 0 Å². The van der Waals surface area contributed by atoms with Crippen LogP contribution in [0.4, 0.5) is 0 Å². The molecule has 0 amide bonds. The van der Waals surface area contributed by atoms with E-state index in [1.807, 2.05) is 43.3 Å². The highest BCUT2D eigenvalue weighted by Crippen LogP contribution is 2.08. The van der Waals surface area contributed by atoms with Gasteiger partial charge in [-0.3, -0.25) is 4.98 Å². The highest BCUT2D eigenvalue weighted by atomic mass is 16.5. The maximum Gasteiger partial charge on any atom is 0.213 e. The molecule has 76 valence electrons. The molecule has 0 aliphatic carbocycles. The lowest BCUT2D eigenvalue weighted by atomic mass is 10.4. The highest BCUT2D eigenvalue weighted by molar-refractivity contribution is 5.15. The first-order chi connectivity index (χ1) is 7.34. The molecule has 0 N–H and O–H groups in total. The summed E-state index contributed by atoms with van der Waals surface area (Å²) < 4.78 is 5.50. The van der Waals surface area contributed by atoms with E-state index in [2.05, 4.69) is 9.97 Å². The smallest absolute Gasteiger partial charge is 0.213 e. The van der Waals surface area contributed by atoms with E-state index >= 15 is 0 Å². The van der Waals surface area contributed by atoms with Crippen LogP contribution in [0.1, 0.15) is 11.4 Å². The minimum atomic E-state index is 0.456. The van der Waals surface area contributed by atoms with Gasteiger partial charge in [0.15, 0.2) is 0 Å². The van der Waals surface area contributed by atoms with Gasteiger partial charge in [0.05, 0.1) is 5.69 Å². The molecule has 0 radical (unpaired) electrons. The first-order valence-electron chi connectivity index (χ1n) is 4.81. The number of aromatic nitrogens is 2. The van der Waals surface area contributed by atoms with E-state index in [1.54, 1.807) is 6.20 Å². The van der Waals surface area contributed by atoms with Crippen LogP contribution in [0.3, 0.4) is 0 Å². The van der Waals surface area contributed by atoms with Crippen molar-refractivity contribution in [2.45, 2.75) is 13.5 Å². The number of hydrogen-bond acceptors (Lipinski definition) is 3. The van der Waals surface area contributed by atoms with Crippen LogP contribution in [0.5, 0.6) is 5.88 Å². The highest BCUT2D eigenvalue weighted by Gasteiger charge is 1.97. The largest absolute Gasteiger partial charge is 0.471 e. The van der Waals surface area contributed by atoms with E-state index in [-0.39, 0.29) is 0 Å². The molecule has 0 aliphatic heterocycles. The Balaban J connectivity index is 1.99. The van der Waals surface area contributed by atoms with Gasteiger partial charge in [-0.1, -0.05) is 12.1 Å². The molecule has 0 fully saturated rings. The Labute approximate surface area is 88.8 Å². The quantitative estimate of drug-likeness (QED) is 0.762. The zero-order valence-corrected chi connectivity index (χ0v) is 8.55. The molecule has 15 heavy (non-hydrogen) atoms. The second-order valence-electron chi connectivity index (χ2n) is 3.23. The number of ether oxygens (including phenoxy) is 1. The monoisotopic (exact) mass is 200 g/mol. The van der Waals surface area contributed by atoms with E-state index in [0.717, 1.165) is 11.4 Å². The van der Waals surface area contributed by atoms with Gasteiger partial charge < -0.3 is 4.74 Å². The van der Waals surface area contributed by atoms with Crippen LogP contribution in [0.25, 0.3) is 0 Å². The van der Waals surface area contributed by atoms with Gasteiger partial charge in [0, 0.05) is 18.0 Å². The van der Waals surface area contributed by atoms with Gasteiger partial charge in [0.1, 0.15) is 6.61 Å². The molecule has 0 saturated heterocycles. The second kappa shape index (κ2) is 4.55. The van der Waals surface area contributed by atoms with E-state index in [4.69, 9.17) is 4.74 Å². The molecule has 0 unspecified atom stereocenters. The van der Waals surface area contributed by atoms with Crippen molar-refractivity contribution >= 4 is 0 Å². The van der Waals surface area contributed by atoms with Gasteiger partial charge in [-0.15, -0.1) is 0 Å². The molecule has 0 bridgehead atoms. The van der Waals surface area contributed by atoms with Crippen LogP contribution in [0.2, 0.25) is 0 Å². The number of aryl methyl sites for hydroxylation is 1. The fourth-order valence-electron chi connectivity index (χ4n) is 1.23. The van der Waals surface area contributed by atoms with Crippen LogP contribution in [-0.2, 0) is 6.61 Å². The summed E-state index contributed by atoms with van der Waals surface area (Å²) in [6.07, 6.45) is 1.75. The van der Waals surface area contributed by atoms with Crippen molar-refractivity contribution in [1.29, 1.82) is 0 Å². The van der Waals surface area contributed by atoms with Gasteiger partial charge in [-0.2, -0.15) is 0 Å². The molecule has 0 aliphatic rings. The standard InChI is InChI=1S/C12H12N2O/c1-10-5-4-7-12(14-10)15-9-11-6-2-3-8-13-11/h2-8H,9H2,1H3. The average Bonchev–Trinajstić information content (AvgIpc) is 2.28. The Morgan fingerprint density at radius 2 is 2.07 bits per heavy atom. The summed E-state index contributed by atoms with van der Waals surface area (Å²) in [6, 6.07) is 11.5. The zero-order chi connectivity index (χ0) is 10.5. The van der Waals surface area contributed by atoms with Crippen LogP contribution in [0.15, 0.2) is 42.6 Å². The molecule has 2 aromatic heterocycles. The lowest BCUT2D eigenvalue weighted by Gasteiger charge is -2.04. The number of nitrogens with zero attached hydrogens (tertiary/aromatic N) is 2. The Kier molecular flexibility index (Phi) is 2.93. The fourth-order valence-corrected chi connectivity index (χ4v) is 1.23. The van der Waals surface area contributed by atoms with Crippen molar-refractivity contribution in [3.05, 3.63) is 54.0 Å². The fraction of sp³-hybridized carbons (Fsp3) is 0.167. The van der Waals surface area contributed by atoms with Crippen molar-refractivity contribution in [3.8, 4) is 5.88 Å². The van der Waals surface area contributed by atoms with Gasteiger partial charge in [0.25, 0.3) is 0 Å². The zero-order valence-electron chi connectivity index (χ0n) is 8.55. The van der Waals surface area contributed by atoms with Crippen molar-refractivity contribution in [1.82, 2.24) is 9.97 Å². The summed E-state index contributed by atoms with van der Waals surface area (Å²) in [4.78, 5) is 8.40. The summed E-state index contributed by atoms with van der Waals surface area (Å²) in [5, 5.41) is 0. The third kappa shape index (κ3) is 2.77. The molecule has 2 heterocycles. The minimum absolute atomic E-state index is 0.456. The second-order valence-corrected chi connectivity index (χ2v) is 3.23. The van der Waals surface area contributed by atoms with Gasteiger partial charge >= 0.3 is 0 Å². The van der Waals surface area contributed by atoms with Crippen LogP contribution >= 0.6 is 0 Å². The summed E-state index contributed by atoms with van der Waals surface area (Å²) in [5.41, 5.74) is 1.86. The maximum atomic E-state index is 5.50.